The van der Waals surface area contributed by atoms with E-state index in [4.69, 9.17) is 4.74 Å². The maximum atomic E-state index is 11.2. The molecule has 1 saturated heterocycles. The summed E-state index contributed by atoms with van der Waals surface area (Å²) in [6.07, 6.45) is 2.72. The molecule has 0 aromatic carbocycles. The van der Waals surface area contributed by atoms with E-state index in [-0.39, 0.29) is 18.7 Å². The van der Waals surface area contributed by atoms with Gasteiger partial charge in [-0.25, -0.2) is 4.79 Å². The Bertz CT molecular complexity index is 240. The Hall–Kier alpha value is -1.29. The van der Waals surface area contributed by atoms with E-state index in [2.05, 4.69) is 13.2 Å². The van der Waals surface area contributed by atoms with Crippen molar-refractivity contribution in [3.63, 3.8) is 0 Å². The third kappa shape index (κ3) is 2.14. The van der Waals surface area contributed by atoms with Gasteiger partial charge in [0.1, 0.15) is 6.61 Å². The summed E-state index contributed by atoms with van der Waals surface area (Å²) in [5, 5.41) is 9.53. The molecule has 1 fully saturated rings. The van der Waals surface area contributed by atoms with Gasteiger partial charge in [-0.1, -0.05) is 12.2 Å². The first-order valence-corrected chi connectivity index (χ1v) is 4.55. The van der Waals surface area contributed by atoms with Crippen molar-refractivity contribution in [3.8, 4) is 0 Å². The van der Waals surface area contributed by atoms with Crippen LogP contribution >= 0.6 is 0 Å². The molecule has 0 spiro atoms. The molecule has 0 bridgehead atoms. The molecule has 1 aliphatic rings. The number of aliphatic hydroxyl groups excluding tert-OH is 1. The van der Waals surface area contributed by atoms with Crippen LogP contribution in [0.15, 0.2) is 25.3 Å². The first-order valence-electron chi connectivity index (χ1n) is 4.55. The van der Waals surface area contributed by atoms with E-state index in [0.29, 0.717) is 13.0 Å². The van der Waals surface area contributed by atoms with Gasteiger partial charge in [-0.05, 0) is 6.42 Å². The fourth-order valence-corrected chi connectivity index (χ4v) is 1.39. The molecule has 14 heavy (non-hydrogen) atoms. The van der Waals surface area contributed by atoms with Gasteiger partial charge < -0.3 is 9.84 Å². The predicted molar refractivity (Wildman–Crippen MR) is 52.9 cm³/mol. The largest absolute Gasteiger partial charge is 0.447 e. The second-order valence-electron chi connectivity index (χ2n) is 3.14. The lowest BCUT2D eigenvalue weighted by molar-refractivity contribution is 0.122. The van der Waals surface area contributed by atoms with Crippen LogP contribution in [0.25, 0.3) is 0 Å². The molecule has 1 heterocycles. The minimum absolute atomic E-state index is 0.225. The quantitative estimate of drug-likeness (QED) is 0.667. The number of ether oxygens (including phenoxy) is 1. The third-order valence-electron chi connectivity index (χ3n) is 2.22. The number of hydrogen-bond donors (Lipinski definition) is 1. The summed E-state index contributed by atoms with van der Waals surface area (Å²) in [5.41, 5.74) is 0. The van der Waals surface area contributed by atoms with Crippen molar-refractivity contribution in [1.82, 2.24) is 4.90 Å². The minimum Gasteiger partial charge on any atom is -0.447 e. The molecular weight excluding hydrogens is 182 g/mol. The minimum atomic E-state index is -0.730. The van der Waals surface area contributed by atoms with Crippen LogP contribution in [0.3, 0.4) is 0 Å². The Morgan fingerprint density at radius 2 is 2.43 bits per heavy atom. The number of amides is 1. The molecular formula is C10H15NO3. The smallest absolute Gasteiger partial charge is 0.410 e. The van der Waals surface area contributed by atoms with Crippen LogP contribution in [0.1, 0.15) is 6.42 Å². The maximum absolute atomic E-state index is 11.2. The monoisotopic (exact) mass is 197 g/mol. The summed E-state index contributed by atoms with van der Waals surface area (Å²) in [6, 6.07) is -0.306. The molecule has 1 amide bonds. The highest BCUT2D eigenvalue weighted by Gasteiger charge is 2.35. The van der Waals surface area contributed by atoms with Crippen LogP contribution in [-0.4, -0.2) is 41.4 Å². The Morgan fingerprint density at radius 1 is 1.71 bits per heavy atom. The van der Waals surface area contributed by atoms with Gasteiger partial charge in [0.25, 0.3) is 0 Å². The molecule has 1 rings (SSSR count). The van der Waals surface area contributed by atoms with Gasteiger partial charge in [-0.15, -0.1) is 13.2 Å². The molecule has 2 atom stereocenters. The van der Waals surface area contributed by atoms with Gasteiger partial charge in [0.2, 0.25) is 0 Å². The van der Waals surface area contributed by atoms with E-state index >= 15 is 0 Å². The fourth-order valence-electron chi connectivity index (χ4n) is 1.39. The first kappa shape index (κ1) is 10.8. The van der Waals surface area contributed by atoms with Gasteiger partial charge in [0.15, 0.2) is 0 Å². The number of rotatable bonds is 5. The zero-order valence-electron chi connectivity index (χ0n) is 8.06. The summed E-state index contributed by atoms with van der Waals surface area (Å²) in [7, 11) is 0. The van der Waals surface area contributed by atoms with Crippen LogP contribution in [0.5, 0.6) is 0 Å². The Balaban J connectivity index is 2.60. The summed E-state index contributed by atoms with van der Waals surface area (Å²) >= 11 is 0. The molecule has 0 unspecified atom stereocenters. The average Bonchev–Trinajstić information content (AvgIpc) is 2.56. The van der Waals surface area contributed by atoms with E-state index in [1.54, 1.807) is 6.08 Å². The van der Waals surface area contributed by atoms with E-state index in [1.807, 2.05) is 0 Å². The van der Waals surface area contributed by atoms with Crippen LogP contribution in [0.2, 0.25) is 0 Å². The topological polar surface area (TPSA) is 49.8 Å². The summed E-state index contributed by atoms with van der Waals surface area (Å²) in [4.78, 5) is 12.7. The lowest BCUT2D eigenvalue weighted by Crippen LogP contribution is -2.41. The zero-order chi connectivity index (χ0) is 10.6. The number of carbonyl (C=O) groups is 1. The average molecular weight is 197 g/mol. The highest BCUT2D eigenvalue weighted by molar-refractivity contribution is 5.70. The second-order valence-corrected chi connectivity index (χ2v) is 3.14. The molecule has 0 saturated carbocycles. The van der Waals surface area contributed by atoms with Gasteiger partial charge >= 0.3 is 6.09 Å². The molecule has 0 aliphatic carbocycles. The Morgan fingerprint density at radius 3 is 3.00 bits per heavy atom. The van der Waals surface area contributed by atoms with E-state index in [0.717, 1.165) is 0 Å². The number of nitrogens with zero attached hydrogens (tertiary/aromatic N) is 1. The van der Waals surface area contributed by atoms with Crippen LogP contribution in [0, 0.1) is 0 Å². The maximum Gasteiger partial charge on any atom is 0.410 e. The van der Waals surface area contributed by atoms with Gasteiger partial charge in [0, 0.05) is 6.54 Å². The van der Waals surface area contributed by atoms with Crippen molar-refractivity contribution in [2.45, 2.75) is 18.6 Å². The zero-order valence-corrected chi connectivity index (χ0v) is 8.06. The molecule has 4 heteroatoms. The van der Waals surface area contributed by atoms with Gasteiger partial charge in [-0.3, -0.25) is 4.90 Å². The van der Waals surface area contributed by atoms with Crippen LogP contribution in [-0.2, 0) is 4.74 Å². The Kier molecular flexibility index (Phi) is 3.71. The Labute approximate surface area is 83.5 Å². The third-order valence-corrected chi connectivity index (χ3v) is 2.22. The molecule has 0 aromatic rings. The standard InChI is InChI=1S/C10H15NO3/c1-3-5-6-11-8(9(12)4-2)7-14-10(11)13/h3-4,8-9,12H,1-2,5-7H2/t8-,9-/m0/s1. The van der Waals surface area contributed by atoms with Crippen molar-refractivity contribution in [2.24, 2.45) is 0 Å². The fraction of sp³-hybridized carbons (Fsp3) is 0.500. The summed E-state index contributed by atoms with van der Waals surface area (Å²) in [5.74, 6) is 0. The van der Waals surface area contributed by atoms with E-state index < -0.39 is 6.10 Å². The number of hydrogen-bond acceptors (Lipinski definition) is 3. The predicted octanol–water partition coefficient (Wildman–Crippen LogP) is 0.930. The normalized spacial score (nSPS) is 23.1. The number of carbonyl (C=O) groups excluding carboxylic acids is 1. The van der Waals surface area contributed by atoms with Crippen molar-refractivity contribution in [1.29, 1.82) is 0 Å². The van der Waals surface area contributed by atoms with Crippen molar-refractivity contribution >= 4 is 6.09 Å². The second kappa shape index (κ2) is 4.81. The van der Waals surface area contributed by atoms with Crippen molar-refractivity contribution in [3.05, 3.63) is 25.3 Å². The summed E-state index contributed by atoms with van der Waals surface area (Å²) in [6.45, 7) is 7.81. The van der Waals surface area contributed by atoms with Crippen molar-refractivity contribution < 1.29 is 14.6 Å². The molecule has 78 valence electrons. The van der Waals surface area contributed by atoms with Crippen molar-refractivity contribution in [2.75, 3.05) is 13.2 Å². The SMILES string of the molecule is C=CCCN1C(=O)OC[C@H]1[C@@H](O)C=C. The first-order chi connectivity index (χ1) is 6.70. The van der Waals surface area contributed by atoms with Crippen LogP contribution < -0.4 is 0 Å². The lowest BCUT2D eigenvalue weighted by Gasteiger charge is -2.23. The highest BCUT2D eigenvalue weighted by atomic mass is 16.6. The molecule has 0 aromatic heterocycles. The van der Waals surface area contributed by atoms with Gasteiger partial charge in [-0.2, -0.15) is 0 Å². The molecule has 1 aliphatic heterocycles. The summed E-state index contributed by atoms with van der Waals surface area (Å²) < 4.78 is 4.84. The molecule has 4 nitrogen and oxygen atoms in total. The lowest BCUT2D eigenvalue weighted by atomic mass is 10.1. The number of cyclic esters (lactones) is 1. The van der Waals surface area contributed by atoms with E-state index in [1.165, 1.54) is 11.0 Å². The molecule has 0 radical (unpaired) electrons. The molecule has 1 N–H and O–H groups in total. The van der Waals surface area contributed by atoms with Gasteiger partial charge in [0.05, 0.1) is 12.1 Å². The van der Waals surface area contributed by atoms with Crippen LogP contribution in [0.4, 0.5) is 4.79 Å². The highest BCUT2D eigenvalue weighted by Crippen LogP contribution is 2.16. The van der Waals surface area contributed by atoms with E-state index in [9.17, 15) is 9.90 Å². The number of aliphatic hydroxyl groups is 1.